The summed E-state index contributed by atoms with van der Waals surface area (Å²) in [5.74, 6) is 2.02. The Labute approximate surface area is 248 Å². The first-order chi connectivity index (χ1) is 19.6. The first-order valence-corrected chi connectivity index (χ1v) is 14.5. The molecule has 3 N–H and O–H groups in total. The van der Waals surface area contributed by atoms with Gasteiger partial charge >= 0.3 is 0 Å². The van der Waals surface area contributed by atoms with Crippen molar-refractivity contribution < 1.29 is 14.6 Å². The third-order valence-corrected chi connectivity index (χ3v) is 8.29. The van der Waals surface area contributed by atoms with E-state index in [1.807, 2.05) is 63.2 Å². The molecule has 1 aliphatic heterocycles. The summed E-state index contributed by atoms with van der Waals surface area (Å²) in [6.45, 7) is 10.5. The minimum Gasteiger partial charge on any atom is -0.507 e. The van der Waals surface area contributed by atoms with Gasteiger partial charge in [0.2, 0.25) is 0 Å². The molecule has 0 amide bonds. The molecule has 6 heteroatoms. The SMILES string of the molecule is Cc1ccc(C(NC(=S)Nc2ccc(OCC3(C)CCc4c(C)c(O)c(C)c(C)c4O3)cc2)c2ccccc2)cc1. The van der Waals surface area contributed by atoms with Crippen molar-refractivity contribution in [1.82, 2.24) is 5.32 Å². The van der Waals surface area contributed by atoms with Gasteiger partial charge in [-0.25, -0.2) is 0 Å². The zero-order valence-electron chi connectivity index (χ0n) is 24.4. The number of hydrogen-bond donors (Lipinski definition) is 3. The first-order valence-electron chi connectivity index (χ1n) is 14.1. The monoisotopic (exact) mass is 566 g/mol. The van der Waals surface area contributed by atoms with E-state index >= 15 is 0 Å². The summed E-state index contributed by atoms with van der Waals surface area (Å²) in [7, 11) is 0. The first kappa shape index (κ1) is 28.5. The van der Waals surface area contributed by atoms with Crippen LogP contribution in [0.25, 0.3) is 0 Å². The third-order valence-electron chi connectivity index (χ3n) is 8.07. The van der Waals surface area contributed by atoms with Gasteiger partial charge in [0.25, 0.3) is 0 Å². The molecule has 2 atom stereocenters. The van der Waals surface area contributed by atoms with Gasteiger partial charge in [-0.3, -0.25) is 0 Å². The molecule has 4 aromatic carbocycles. The maximum absolute atomic E-state index is 10.5. The van der Waals surface area contributed by atoms with Crippen LogP contribution in [0, 0.1) is 27.7 Å². The van der Waals surface area contributed by atoms with Gasteiger partial charge in [-0.2, -0.15) is 0 Å². The molecule has 41 heavy (non-hydrogen) atoms. The van der Waals surface area contributed by atoms with E-state index in [-0.39, 0.29) is 6.04 Å². The average molecular weight is 567 g/mol. The molecule has 0 aromatic heterocycles. The normalized spacial score (nSPS) is 16.7. The number of benzene rings is 4. The topological polar surface area (TPSA) is 62.8 Å². The molecular weight excluding hydrogens is 528 g/mol. The Morgan fingerprint density at radius 2 is 1.56 bits per heavy atom. The van der Waals surface area contributed by atoms with Crippen LogP contribution in [-0.2, 0) is 6.42 Å². The summed E-state index contributed by atoms with van der Waals surface area (Å²) >= 11 is 5.71. The van der Waals surface area contributed by atoms with Crippen LogP contribution < -0.4 is 20.1 Å². The van der Waals surface area contributed by atoms with Crippen LogP contribution in [0.4, 0.5) is 5.69 Å². The number of phenolic OH excluding ortho intramolecular Hbond substituents is 1. The van der Waals surface area contributed by atoms with Gasteiger partial charge in [-0.1, -0.05) is 60.2 Å². The second-order valence-electron chi connectivity index (χ2n) is 11.2. The second-order valence-corrected chi connectivity index (χ2v) is 11.7. The van der Waals surface area contributed by atoms with Crippen molar-refractivity contribution in [2.45, 2.75) is 59.1 Å². The van der Waals surface area contributed by atoms with Crippen molar-refractivity contribution in [3.63, 3.8) is 0 Å². The van der Waals surface area contributed by atoms with Crippen LogP contribution in [0.5, 0.6) is 17.2 Å². The highest BCUT2D eigenvalue weighted by Gasteiger charge is 2.35. The standard InChI is InChI=1S/C35H38N2O3S/c1-22-11-13-27(14-12-22)31(26-9-7-6-8-10-26)37-34(41)36-28-15-17-29(18-16-28)39-21-35(5)20-19-30-25(4)32(38)23(2)24(3)33(30)40-35/h6-18,31,38H,19-21H2,1-5H3,(H2,36,37,41). The van der Waals surface area contributed by atoms with Crippen LogP contribution in [-0.4, -0.2) is 22.4 Å². The minimum atomic E-state index is -0.460. The lowest BCUT2D eigenvalue weighted by Crippen LogP contribution is -2.42. The number of hydrogen-bond acceptors (Lipinski definition) is 4. The van der Waals surface area contributed by atoms with Crippen molar-refractivity contribution in [3.05, 3.63) is 118 Å². The summed E-state index contributed by atoms with van der Waals surface area (Å²) in [6, 6.07) is 26.6. The second kappa shape index (κ2) is 11.8. The highest BCUT2D eigenvalue weighted by Crippen LogP contribution is 2.43. The van der Waals surface area contributed by atoms with Crippen molar-refractivity contribution >= 4 is 23.0 Å². The van der Waals surface area contributed by atoms with Crippen molar-refractivity contribution in [1.29, 1.82) is 0 Å². The van der Waals surface area contributed by atoms with Crippen LogP contribution in [0.1, 0.15) is 58.3 Å². The number of thiocarbonyl (C=S) groups is 1. The predicted octanol–water partition coefficient (Wildman–Crippen LogP) is 7.86. The summed E-state index contributed by atoms with van der Waals surface area (Å²) in [4.78, 5) is 0. The molecule has 0 aliphatic carbocycles. The highest BCUT2D eigenvalue weighted by atomic mass is 32.1. The average Bonchev–Trinajstić information content (AvgIpc) is 2.98. The van der Waals surface area contributed by atoms with E-state index in [1.54, 1.807) is 0 Å². The highest BCUT2D eigenvalue weighted by molar-refractivity contribution is 7.80. The Morgan fingerprint density at radius 3 is 2.24 bits per heavy atom. The Bertz CT molecular complexity index is 1540. The third kappa shape index (κ3) is 6.33. The van der Waals surface area contributed by atoms with Gasteiger partial charge in [0.05, 0.1) is 6.04 Å². The lowest BCUT2D eigenvalue weighted by molar-refractivity contribution is 0.0166. The number of phenols is 1. The zero-order valence-corrected chi connectivity index (χ0v) is 25.2. The molecule has 212 valence electrons. The minimum absolute atomic E-state index is 0.0686. The van der Waals surface area contributed by atoms with Crippen molar-refractivity contribution in [3.8, 4) is 17.2 Å². The van der Waals surface area contributed by atoms with Gasteiger partial charge in [0.15, 0.2) is 5.11 Å². The molecule has 5 rings (SSSR count). The van der Waals surface area contributed by atoms with Crippen LogP contribution in [0.15, 0.2) is 78.9 Å². The van der Waals surface area contributed by atoms with E-state index < -0.39 is 5.60 Å². The summed E-state index contributed by atoms with van der Waals surface area (Å²) in [5.41, 5.74) is 7.80. The molecular formula is C35H38N2O3S. The fourth-order valence-electron chi connectivity index (χ4n) is 5.33. The molecule has 5 nitrogen and oxygen atoms in total. The van der Waals surface area contributed by atoms with E-state index in [9.17, 15) is 5.11 Å². The van der Waals surface area contributed by atoms with Crippen molar-refractivity contribution in [2.24, 2.45) is 0 Å². The van der Waals surface area contributed by atoms with Gasteiger partial charge in [-0.05, 0) is 112 Å². The van der Waals surface area contributed by atoms with Gasteiger partial charge in [0.1, 0.15) is 29.5 Å². The van der Waals surface area contributed by atoms with E-state index in [0.29, 0.717) is 17.5 Å². The van der Waals surface area contributed by atoms with Crippen molar-refractivity contribution in [2.75, 3.05) is 11.9 Å². The molecule has 4 aromatic rings. The van der Waals surface area contributed by atoms with E-state index in [2.05, 4.69) is 60.9 Å². The lowest BCUT2D eigenvalue weighted by Gasteiger charge is -2.37. The summed E-state index contributed by atoms with van der Waals surface area (Å²) in [6.07, 6.45) is 1.65. The molecule has 2 unspecified atom stereocenters. The van der Waals surface area contributed by atoms with Gasteiger partial charge in [0, 0.05) is 11.3 Å². The summed E-state index contributed by atoms with van der Waals surface area (Å²) in [5, 5.41) is 17.8. The summed E-state index contributed by atoms with van der Waals surface area (Å²) < 4.78 is 12.7. The van der Waals surface area contributed by atoms with Gasteiger partial charge in [-0.15, -0.1) is 0 Å². The zero-order chi connectivity index (χ0) is 29.1. The van der Waals surface area contributed by atoms with E-state index in [1.165, 1.54) is 5.56 Å². The maximum atomic E-state index is 10.5. The molecule has 1 aliphatic rings. The molecule has 0 radical (unpaired) electrons. The molecule has 0 fully saturated rings. The number of nitrogens with one attached hydrogen (secondary N) is 2. The number of anilines is 1. The predicted molar refractivity (Wildman–Crippen MR) is 170 cm³/mol. The van der Waals surface area contributed by atoms with E-state index in [0.717, 1.165) is 63.4 Å². The van der Waals surface area contributed by atoms with Gasteiger partial charge < -0.3 is 25.2 Å². The Hall–Kier alpha value is -4.03. The van der Waals surface area contributed by atoms with E-state index in [4.69, 9.17) is 21.7 Å². The molecule has 0 saturated carbocycles. The number of aryl methyl sites for hydroxylation is 1. The largest absolute Gasteiger partial charge is 0.507 e. The van der Waals surface area contributed by atoms with Crippen LogP contribution in [0.3, 0.4) is 0 Å². The number of rotatable bonds is 7. The quantitative estimate of drug-likeness (QED) is 0.198. The Morgan fingerprint density at radius 1 is 0.902 bits per heavy atom. The fourth-order valence-corrected chi connectivity index (χ4v) is 5.56. The molecule has 1 heterocycles. The molecule has 0 bridgehead atoms. The molecule has 0 spiro atoms. The number of fused-ring (bicyclic) bond motifs is 1. The molecule has 0 saturated heterocycles. The smallest absolute Gasteiger partial charge is 0.171 e. The van der Waals surface area contributed by atoms with Crippen LogP contribution in [0.2, 0.25) is 0 Å². The lowest BCUT2D eigenvalue weighted by atomic mass is 9.87. The fraction of sp³-hybridized carbons (Fsp3) is 0.286. The van der Waals surface area contributed by atoms with Crippen LogP contribution >= 0.6 is 12.2 Å². The number of aromatic hydroxyl groups is 1. The number of ether oxygens (including phenoxy) is 2. The maximum Gasteiger partial charge on any atom is 0.171 e. The Kier molecular flexibility index (Phi) is 8.22. The Balaban J connectivity index is 1.21.